The van der Waals surface area contributed by atoms with Crippen LogP contribution in [0.5, 0.6) is 0 Å². The summed E-state index contributed by atoms with van der Waals surface area (Å²) < 4.78 is 9.62. The van der Waals surface area contributed by atoms with E-state index in [1.807, 2.05) is 13.8 Å². The SMILES string of the molecule is C.CC.[NH2][GaH][NH2]. The van der Waals surface area contributed by atoms with E-state index in [4.69, 9.17) is 8.88 Å². The third kappa shape index (κ3) is 186. The minimum atomic E-state index is -0.875. The van der Waals surface area contributed by atoms with E-state index in [0.29, 0.717) is 0 Å². The fourth-order valence-electron chi connectivity index (χ4n) is 0. The zero-order chi connectivity index (χ0) is 4.71. The number of rotatable bonds is 0. The molecular formula is C3H15GaN2. The Balaban J connectivity index is -0.0000000275. The van der Waals surface area contributed by atoms with E-state index in [1.165, 1.54) is 0 Å². The molecule has 40 valence electrons. The van der Waals surface area contributed by atoms with Crippen LogP contribution in [0.25, 0.3) is 0 Å². The molecule has 0 aliphatic rings. The molecule has 4 N–H and O–H groups in total. The normalized spacial score (nSPS) is 3.33. The van der Waals surface area contributed by atoms with E-state index in [2.05, 4.69) is 0 Å². The Morgan fingerprint density at radius 1 is 1.17 bits per heavy atom. The molecule has 0 spiro atoms. The Morgan fingerprint density at radius 2 is 1.17 bits per heavy atom. The van der Waals surface area contributed by atoms with Crippen LogP contribution in [0.2, 0.25) is 0 Å². The number of nitrogens with two attached hydrogens (primary N) is 2. The molecule has 0 saturated heterocycles. The van der Waals surface area contributed by atoms with E-state index >= 15 is 0 Å². The van der Waals surface area contributed by atoms with Crippen molar-refractivity contribution in [3.8, 4) is 0 Å². The minimum absolute atomic E-state index is 0. The summed E-state index contributed by atoms with van der Waals surface area (Å²) in [6.45, 7) is 4.00. The van der Waals surface area contributed by atoms with Crippen molar-refractivity contribution in [2.24, 2.45) is 8.88 Å². The van der Waals surface area contributed by atoms with Crippen LogP contribution in [0, 0.1) is 0 Å². The van der Waals surface area contributed by atoms with Gasteiger partial charge in [0, 0.05) is 0 Å². The van der Waals surface area contributed by atoms with Gasteiger partial charge in [0.15, 0.2) is 0 Å². The summed E-state index contributed by atoms with van der Waals surface area (Å²) in [5.41, 5.74) is 0. The van der Waals surface area contributed by atoms with Gasteiger partial charge in [-0.15, -0.1) is 0 Å². The van der Waals surface area contributed by atoms with Gasteiger partial charge in [0.25, 0.3) is 0 Å². The third-order valence-electron chi connectivity index (χ3n) is 0. The molecule has 0 fully saturated rings. The van der Waals surface area contributed by atoms with Crippen LogP contribution in [0.4, 0.5) is 0 Å². The standard InChI is InChI=1S/C2H6.CH4.Ga.2H2N.H/c1-2;;;;;/h1-2H3;1H4;;2*1H2;/q;;+2;2*-1;. The zero-order valence-electron chi connectivity index (χ0n) is 3.86. The van der Waals surface area contributed by atoms with Crippen LogP contribution >= 0.6 is 0 Å². The van der Waals surface area contributed by atoms with Gasteiger partial charge in [0.05, 0.1) is 0 Å². The van der Waals surface area contributed by atoms with Gasteiger partial charge in [-0.2, -0.15) is 0 Å². The second kappa shape index (κ2) is 47.6. The first-order chi connectivity index (χ1) is 2.41. The average molecular weight is 149 g/mol. The van der Waals surface area contributed by atoms with E-state index in [0.717, 1.165) is 0 Å². The molecule has 3 heteroatoms. The topological polar surface area (TPSA) is 52.0 Å². The first-order valence-corrected chi connectivity index (χ1v) is 5.24. The van der Waals surface area contributed by atoms with Crippen LogP contribution in [-0.2, 0) is 0 Å². The van der Waals surface area contributed by atoms with Gasteiger partial charge in [0.2, 0.25) is 0 Å². The molecule has 0 rings (SSSR count). The summed E-state index contributed by atoms with van der Waals surface area (Å²) in [4.78, 5) is 0. The van der Waals surface area contributed by atoms with E-state index < -0.39 is 17.9 Å². The second-order valence-corrected chi connectivity index (χ2v) is 1.22. The van der Waals surface area contributed by atoms with Crippen molar-refractivity contribution in [2.75, 3.05) is 0 Å². The van der Waals surface area contributed by atoms with Gasteiger partial charge in [-0.1, -0.05) is 21.3 Å². The molecule has 0 aromatic carbocycles. The van der Waals surface area contributed by atoms with E-state index in [-0.39, 0.29) is 7.43 Å². The molecule has 0 radical (unpaired) electrons. The Hall–Kier alpha value is 0.556. The number of hydrogen-bond donors (Lipinski definition) is 2. The first kappa shape index (κ1) is 16.0. The van der Waals surface area contributed by atoms with Crippen LogP contribution in [0.3, 0.4) is 0 Å². The van der Waals surface area contributed by atoms with Crippen molar-refractivity contribution < 1.29 is 0 Å². The molecule has 0 unspecified atom stereocenters. The van der Waals surface area contributed by atoms with Crippen LogP contribution < -0.4 is 8.88 Å². The van der Waals surface area contributed by atoms with Crippen LogP contribution in [0.1, 0.15) is 21.3 Å². The first-order valence-electron chi connectivity index (χ1n) is 1.82. The van der Waals surface area contributed by atoms with Crippen molar-refractivity contribution in [1.82, 2.24) is 0 Å². The van der Waals surface area contributed by atoms with Gasteiger partial charge < -0.3 is 0 Å². The number of hydrogen-bond acceptors (Lipinski definition) is 2. The summed E-state index contributed by atoms with van der Waals surface area (Å²) in [7, 11) is 0. The zero-order valence-corrected chi connectivity index (χ0v) is 6.83. The predicted molar refractivity (Wildman–Crippen MR) is 33.6 cm³/mol. The Labute approximate surface area is 48.6 Å². The molecular weight excluding hydrogens is 134 g/mol. The maximum atomic E-state index is 4.81. The van der Waals surface area contributed by atoms with Crippen LogP contribution in [-0.4, -0.2) is 17.9 Å². The molecule has 0 bridgehead atoms. The summed E-state index contributed by atoms with van der Waals surface area (Å²) >= 11 is -0.875. The van der Waals surface area contributed by atoms with Crippen molar-refractivity contribution in [2.45, 2.75) is 21.3 Å². The van der Waals surface area contributed by atoms with Crippen molar-refractivity contribution in [3.63, 3.8) is 0 Å². The molecule has 0 heterocycles. The molecule has 0 saturated carbocycles. The van der Waals surface area contributed by atoms with Crippen molar-refractivity contribution >= 4 is 17.9 Å². The summed E-state index contributed by atoms with van der Waals surface area (Å²) in [6.07, 6.45) is 0. The molecule has 6 heavy (non-hydrogen) atoms. The molecule has 2 nitrogen and oxygen atoms in total. The average Bonchev–Trinajstić information content (AvgIpc) is 1.46. The third-order valence-corrected chi connectivity index (χ3v) is 0. The Bertz CT molecular complexity index is 8.75. The van der Waals surface area contributed by atoms with Crippen molar-refractivity contribution in [3.05, 3.63) is 0 Å². The quantitative estimate of drug-likeness (QED) is 0.469. The fourth-order valence-corrected chi connectivity index (χ4v) is 0. The van der Waals surface area contributed by atoms with Gasteiger partial charge in [-0.25, -0.2) is 0 Å². The maximum absolute atomic E-state index is 4.81. The summed E-state index contributed by atoms with van der Waals surface area (Å²) in [6, 6.07) is 0. The second-order valence-electron chi connectivity index (χ2n) is 0.236. The molecule has 0 aromatic rings. The van der Waals surface area contributed by atoms with Gasteiger partial charge in [-0.05, 0) is 0 Å². The van der Waals surface area contributed by atoms with Gasteiger partial charge in [-0.3, -0.25) is 0 Å². The monoisotopic (exact) mass is 148 g/mol. The summed E-state index contributed by atoms with van der Waals surface area (Å²) in [5.74, 6) is 0. The summed E-state index contributed by atoms with van der Waals surface area (Å²) in [5, 5.41) is 0. The molecule has 0 aliphatic carbocycles. The molecule has 0 aromatic heterocycles. The van der Waals surface area contributed by atoms with Gasteiger partial charge >= 0.3 is 26.8 Å². The Morgan fingerprint density at radius 3 is 1.17 bits per heavy atom. The molecule has 0 aliphatic heterocycles. The van der Waals surface area contributed by atoms with E-state index in [1.54, 1.807) is 0 Å². The van der Waals surface area contributed by atoms with Crippen LogP contribution in [0.15, 0.2) is 0 Å². The fraction of sp³-hybridized carbons (Fsp3) is 1.00. The van der Waals surface area contributed by atoms with E-state index in [9.17, 15) is 0 Å². The Kier molecular flexibility index (Phi) is 127. The molecule has 0 amide bonds. The molecule has 0 atom stereocenters. The predicted octanol–water partition coefficient (Wildman–Crippen LogP) is -0.167. The van der Waals surface area contributed by atoms with Crippen molar-refractivity contribution in [1.29, 1.82) is 0 Å². The van der Waals surface area contributed by atoms with Gasteiger partial charge in [0.1, 0.15) is 0 Å².